The molecule has 144 valence electrons. The Bertz CT molecular complexity index is 913. The Kier molecular flexibility index (Phi) is 5.39. The number of nitrogens with one attached hydrogen (secondary N) is 1. The lowest BCUT2D eigenvalue weighted by molar-refractivity contribution is -0.917. The molecule has 6 nitrogen and oxygen atoms in total. The van der Waals surface area contributed by atoms with Crippen LogP contribution >= 0.6 is 11.6 Å². The Morgan fingerprint density at radius 2 is 1.85 bits per heavy atom. The summed E-state index contributed by atoms with van der Waals surface area (Å²) in [6, 6.07) is 12.4. The highest BCUT2D eigenvalue weighted by Crippen LogP contribution is 2.31. The fourth-order valence-corrected chi connectivity index (χ4v) is 5.34. The molecule has 0 aromatic heterocycles. The van der Waals surface area contributed by atoms with E-state index in [4.69, 9.17) is 21.1 Å². The molecule has 2 aromatic rings. The van der Waals surface area contributed by atoms with Crippen molar-refractivity contribution in [3.05, 3.63) is 58.6 Å². The molecule has 1 fully saturated rings. The maximum atomic E-state index is 12.8. The quantitative estimate of drug-likeness (QED) is 0.826. The lowest BCUT2D eigenvalue weighted by atomic mass is 10.1. The molecule has 8 heteroatoms. The van der Waals surface area contributed by atoms with Crippen molar-refractivity contribution in [2.24, 2.45) is 0 Å². The van der Waals surface area contributed by atoms with Gasteiger partial charge in [-0.25, -0.2) is 8.42 Å². The van der Waals surface area contributed by atoms with Crippen molar-refractivity contribution in [2.45, 2.75) is 18.0 Å². The summed E-state index contributed by atoms with van der Waals surface area (Å²) in [5.74, 6) is 0.859. The van der Waals surface area contributed by atoms with E-state index in [-0.39, 0.29) is 6.79 Å². The molecule has 0 bridgehead atoms. The Labute approximate surface area is 164 Å². The number of sulfonamides is 1. The van der Waals surface area contributed by atoms with E-state index in [1.54, 1.807) is 28.6 Å². The maximum absolute atomic E-state index is 12.8. The van der Waals surface area contributed by atoms with Crippen molar-refractivity contribution >= 4 is 21.6 Å². The van der Waals surface area contributed by atoms with Crippen LogP contribution in [0.15, 0.2) is 47.4 Å². The molecule has 2 aliphatic heterocycles. The summed E-state index contributed by atoms with van der Waals surface area (Å²) in [5, 5.41) is 0.669. The monoisotopic (exact) mass is 409 g/mol. The van der Waals surface area contributed by atoms with Crippen molar-refractivity contribution in [2.75, 3.05) is 33.0 Å². The van der Waals surface area contributed by atoms with Gasteiger partial charge in [-0.15, -0.1) is 0 Å². The largest absolute Gasteiger partial charge is 0.467 e. The Morgan fingerprint density at radius 1 is 1.11 bits per heavy atom. The molecule has 0 unspecified atom stereocenters. The molecule has 0 spiro atoms. The van der Waals surface area contributed by atoms with E-state index in [1.165, 1.54) is 4.90 Å². The molecule has 4 rings (SSSR count). The van der Waals surface area contributed by atoms with E-state index in [1.807, 2.05) is 18.2 Å². The van der Waals surface area contributed by atoms with Crippen LogP contribution < -0.4 is 9.64 Å². The summed E-state index contributed by atoms with van der Waals surface area (Å²) < 4.78 is 38.1. The first-order valence-electron chi connectivity index (χ1n) is 8.94. The van der Waals surface area contributed by atoms with Crippen LogP contribution in [0, 0.1) is 0 Å². The topological polar surface area (TPSA) is 60.3 Å². The van der Waals surface area contributed by atoms with Crippen molar-refractivity contribution < 1.29 is 22.8 Å². The Morgan fingerprint density at radius 3 is 2.59 bits per heavy atom. The number of rotatable bonds is 4. The number of piperazine rings is 1. The molecular formula is C19H22ClN2O4S+. The van der Waals surface area contributed by atoms with Crippen LogP contribution in [-0.2, 0) is 27.9 Å². The third kappa shape index (κ3) is 3.97. The van der Waals surface area contributed by atoms with Gasteiger partial charge in [-0.2, -0.15) is 4.31 Å². The molecule has 0 saturated carbocycles. The Hall–Kier alpha value is -1.64. The minimum atomic E-state index is -3.42. The fraction of sp³-hybridized carbons (Fsp3) is 0.368. The molecule has 27 heavy (non-hydrogen) atoms. The second-order valence-electron chi connectivity index (χ2n) is 6.81. The van der Waals surface area contributed by atoms with Crippen LogP contribution in [-0.4, -0.2) is 45.7 Å². The zero-order valence-corrected chi connectivity index (χ0v) is 16.4. The Balaban J connectivity index is 1.44. The van der Waals surface area contributed by atoms with Crippen molar-refractivity contribution in [3.8, 4) is 5.75 Å². The van der Waals surface area contributed by atoms with Gasteiger partial charge in [0.25, 0.3) is 0 Å². The molecule has 2 heterocycles. The highest BCUT2D eigenvalue weighted by Gasteiger charge is 2.31. The standard InChI is InChI=1S/C19H21ClN2O4S/c20-17-10-15(19-16(11-17)13-25-14-26-19)12-21-6-8-22(9-7-21)27(23,24)18-4-2-1-3-5-18/h1-5,10-11H,6-9,12-14H2/p+1. The molecule has 2 aliphatic rings. The third-order valence-electron chi connectivity index (χ3n) is 5.00. The molecule has 0 aliphatic carbocycles. The number of fused-ring (bicyclic) bond motifs is 1. The molecule has 0 atom stereocenters. The number of halogens is 1. The minimum absolute atomic E-state index is 0.250. The van der Waals surface area contributed by atoms with Crippen molar-refractivity contribution in [3.63, 3.8) is 0 Å². The van der Waals surface area contributed by atoms with Gasteiger partial charge in [-0.3, -0.25) is 0 Å². The number of hydrogen-bond acceptors (Lipinski definition) is 4. The number of nitrogens with zero attached hydrogens (tertiary/aromatic N) is 1. The number of benzene rings is 2. The number of ether oxygens (including phenoxy) is 2. The fourth-order valence-electron chi connectivity index (χ4n) is 3.62. The lowest BCUT2D eigenvalue weighted by Gasteiger charge is -2.32. The summed E-state index contributed by atoms with van der Waals surface area (Å²) in [7, 11) is -3.42. The third-order valence-corrected chi connectivity index (χ3v) is 7.13. The zero-order chi connectivity index (χ0) is 18.9. The zero-order valence-electron chi connectivity index (χ0n) is 14.9. The highest BCUT2D eigenvalue weighted by molar-refractivity contribution is 7.89. The van der Waals surface area contributed by atoms with E-state index in [9.17, 15) is 8.42 Å². The number of hydrogen-bond donors (Lipinski definition) is 1. The molecule has 1 N–H and O–H groups in total. The molecular weight excluding hydrogens is 388 g/mol. The predicted molar refractivity (Wildman–Crippen MR) is 101 cm³/mol. The van der Waals surface area contributed by atoms with Crippen LogP contribution in [0.5, 0.6) is 5.75 Å². The van der Waals surface area contributed by atoms with Gasteiger partial charge in [0, 0.05) is 10.6 Å². The first-order chi connectivity index (χ1) is 13.0. The van der Waals surface area contributed by atoms with Gasteiger partial charge in [-0.05, 0) is 24.3 Å². The summed E-state index contributed by atoms with van der Waals surface area (Å²) in [6.07, 6.45) is 0. The van der Waals surface area contributed by atoms with Gasteiger partial charge in [0.15, 0.2) is 6.79 Å². The van der Waals surface area contributed by atoms with Gasteiger partial charge < -0.3 is 14.4 Å². The van der Waals surface area contributed by atoms with Gasteiger partial charge in [0.05, 0.1) is 43.2 Å². The summed E-state index contributed by atoms with van der Waals surface area (Å²) in [4.78, 5) is 1.67. The minimum Gasteiger partial charge on any atom is -0.467 e. The molecule has 0 radical (unpaired) electrons. The van der Waals surface area contributed by atoms with Gasteiger partial charge in [0.2, 0.25) is 10.0 Å². The van der Waals surface area contributed by atoms with E-state index in [0.29, 0.717) is 29.6 Å². The SMILES string of the molecule is O=S(=O)(c1ccccc1)N1CC[NH+](Cc2cc(Cl)cc3c2OCOC3)CC1. The molecule has 2 aromatic carbocycles. The first kappa shape index (κ1) is 18.7. The number of quaternary nitrogens is 1. The van der Waals surface area contributed by atoms with E-state index < -0.39 is 10.0 Å². The second-order valence-corrected chi connectivity index (χ2v) is 9.18. The second kappa shape index (κ2) is 7.77. The van der Waals surface area contributed by atoms with E-state index in [0.717, 1.165) is 36.5 Å². The van der Waals surface area contributed by atoms with Crippen LogP contribution in [0.3, 0.4) is 0 Å². The summed E-state index contributed by atoms with van der Waals surface area (Å²) in [5.41, 5.74) is 2.02. The van der Waals surface area contributed by atoms with E-state index in [2.05, 4.69) is 0 Å². The molecule has 0 amide bonds. The van der Waals surface area contributed by atoms with Gasteiger partial charge in [-0.1, -0.05) is 29.8 Å². The van der Waals surface area contributed by atoms with Crippen LogP contribution in [0.25, 0.3) is 0 Å². The predicted octanol–water partition coefficient (Wildman–Crippen LogP) is 1.30. The summed E-state index contributed by atoms with van der Waals surface area (Å²) in [6.45, 7) is 3.98. The summed E-state index contributed by atoms with van der Waals surface area (Å²) >= 11 is 6.24. The average Bonchev–Trinajstić information content (AvgIpc) is 2.69. The first-order valence-corrected chi connectivity index (χ1v) is 10.8. The lowest BCUT2D eigenvalue weighted by Crippen LogP contribution is -3.13. The molecule has 1 saturated heterocycles. The van der Waals surface area contributed by atoms with Crippen molar-refractivity contribution in [1.82, 2.24) is 4.31 Å². The van der Waals surface area contributed by atoms with Crippen molar-refractivity contribution in [1.29, 1.82) is 0 Å². The van der Waals surface area contributed by atoms with Crippen LogP contribution in [0.1, 0.15) is 11.1 Å². The normalized spacial score (nSPS) is 18.7. The highest BCUT2D eigenvalue weighted by atomic mass is 35.5. The van der Waals surface area contributed by atoms with Gasteiger partial charge >= 0.3 is 0 Å². The van der Waals surface area contributed by atoms with Crippen LogP contribution in [0.2, 0.25) is 5.02 Å². The van der Waals surface area contributed by atoms with Crippen LogP contribution in [0.4, 0.5) is 0 Å². The smallest absolute Gasteiger partial charge is 0.243 e. The van der Waals surface area contributed by atoms with Gasteiger partial charge in [0.1, 0.15) is 12.3 Å². The average molecular weight is 410 g/mol. The van der Waals surface area contributed by atoms with E-state index >= 15 is 0 Å². The maximum Gasteiger partial charge on any atom is 0.243 e.